The van der Waals surface area contributed by atoms with E-state index in [1.807, 2.05) is 0 Å². The third-order valence-corrected chi connectivity index (χ3v) is 5.23. The number of amides is 2. The number of thioether (sulfide) groups is 1. The summed E-state index contributed by atoms with van der Waals surface area (Å²) in [4.78, 5) is 46.9. The molecule has 0 bridgehead atoms. The van der Waals surface area contributed by atoms with Crippen LogP contribution in [0.3, 0.4) is 0 Å². The van der Waals surface area contributed by atoms with Crippen molar-refractivity contribution < 1.29 is 23.5 Å². The number of carbonyl (C=O) groups excluding carboxylic acids is 3. The third kappa shape index (κ3) is 4.76. The first kappa shape index (κ1) is 21.7. The lowest BCUT2D eigenvalue weighted by atomic mass is 10.1. The minimum absolute atomic E-state index is 0.0998. The number of benzene rings is 1. The molecule has 1 atom stereocenters. The molecule has 0 saturated carbocycles. The van der Waals surface area contributed by atoms with Gasteiger partial charge >= 0.3 is 5.97 Å². The zero-order chi connectivity index (χ0) is 21.7. The highest BCUT2D eigenvalue weighted by Gasteiger charge is 2.40. The van der Waals surface area contributed by atoms with Gasteiger partial charge < -0.3 is 4.74 Å². The molecule has 2 heterocycles. The van der Waals surface area contributed by atoms with Gasteiger partial charge in [0.25, 0.3) is 5.91 Å². The number of rotatable bonds is 5. The van der Waals surface area contributed by atoms with Crippen LogP contribution >= 0.6 is 11.8 Å². The lowest BCUT2D eigenvalue weighted by Crippen LogP contribution is -2.60. The number of nitrogens with zero attached hydrogens (tertiary/aromatic N) is 4. The highest BCUT2D eigenvalue weighted by molar-refractivity contribution is 7.98. The zero-order valence-electron chi connectivity index (χ0n) is 16.6. The van der Waals surface area contributed by atoms with Crippen molar-refractivity contribution in [1.29, 1.82) is 0 Å². The molecule has 0 spiro atoms. The quantitative estimate of drug-likeness (QED) is 0.406. The van der Waals surface area contributed by atoms with Crippen LogP contribution in [0.5, 0.6) is 0 Å². The number of hydrogen-bond donors (Lipinski definition) is 0. The molecule has 1 aromatic heterocycles. The van der Waals surface area contributed by atoms with Crippen molar-refractivity contribution in [2.24, 2.45) is 0 Å². The van der Waals surface area contributed by atoms with Crippen LogP contribution in [0, 0.1) is 5.82 Å². The first-order valence-corrected chi connectivity index (χ1v) is 10.5. The van der Waals surface area contributed by atoms with E-state index in [1.54, 1.807) is 6.26 Å². The van der Waals surface area contributed by atoms with Gasteiger partial charge in [0.1, 0.15) is 11.5 Å². The zero-order valence-corrected chi connectivity index (χ0v) is 17.4. The van der Waals surface area contributed by atoms with E-state index >= 15 is 0 Å². The minimum Gasteiger partial charge on any atom is -0.467 e. The predicted octanol–water partition coefficient (Wildman–Crippen LogP) is 2.10. The number of halogens is 1. The Morgan fingerprint density at radius 3 is 2.63 bits per heavy atom. The number of esters is 1. The van der Waals surface area contributed by atoms with Gasteiger partial charge in [-0.25, -0.2) is 29.2 Å². The standard InChI is InChI=1S/C20H21FN4O4S/c1-29-19(28)16-4-3-11-24(18(27)15-9-10-22-20(23-15)30-2)25(16)17(26)12-13-5-7-14(21)8-6-13/h5-10,16H,3-4,11-12H2,1-2H3/t16-/m0/s1. The van der Waals surface area contributed by atoms with E-state index in [0.29, 0.717) is 23.6 Å². The van der Waals surface area contributed by atoms with Gasteiger partial charge in [-0.3, -0.25) is 9.59 Å². The molecule has 2 aromatic rings. The molecule has 1 aliphatic heterocycles. The van der Waals surface area contributed by atoms with Crippen molar-refractivity contribution in [3.05, 3.63) is 53.6 Å². The Bertz CT molecular complexity index is 941. The average molecular weight is 432 g/mol. The summed E-state index contributed by atoms with van der Waals surface area (Å²) >= 11 is 1.29. The summed E-state index contributed by atoms with van der Waals surface area (Å²) in [6.45, 7) is 0.250. The highest BCUT2D eigenvalue weighted by atomic mass is 32.2. The summed E-state index contributed by atoms with van der Waals surface area (Å²) in [5.41, 5.74) is 0.689. The number of hydrazine groups is 1. The topological polar surface area (TPSA) is 92.7 Å². The molecule has 0 aliphatic carbocycles. The van der Waals surface area contributed by atoms with Crippen LogP contribution in [-0.2, 0) is 20.7 Å². The van der Waals surface area contributed by atoms with E-state index in [2.05, 4.69) is 9.97 Å². The summed E-state index contributed by atoms with van der Waals surface area (Å²) in [5, 5.41) is 2.82. The highest BCUT2D eigenvalue weighted by Crippen LogP contribution is 2.23. The Hall–Kier alpha value is -3.01. The monoisotopic (exact) mass is 432 g/mol. The van der Waals surface area contributed by atoms with E-state index < -0.39 is 29.6 Å². The van der Waals surface area contributed by atoms with Gasteiger partial charge in [-0.2, -0.15) is 0 Å². The summed E-state index contributed by atoms with van der Waals surface area (Å²) in [6, 6.07) is 6.03. The Balaban J connectivity index is 1.92. The molecule has 0 unspecified atom stereocenters. The van der Waals surface area contributed by atoms with E-state index in [9.17, 15) is 18.8 Å². The second-order valence-corrected chi connectivity index (χ2v) is 7.35. The maximum Gasteiger partial charge on any atom is 0.330 e. The SMILES string of the molecule is COC(=O)[C@@H]1CCCN(C(=O)c2ccnc(SC)n2)N1C(=O)Cc1ccc(F)cc1. The second kappa shape index (κ2) is 9.66. The van der Waals surface area contributed by atoms with Gasteiger partial charge in [0, 0.05) is 12.7 Å². The van der Waals surface area contributed by atoms with Crippen molar-refractivity contribution >= 4 is 29.5 Å². The molecule has 30 heavy (non-hydrogen) atoms. The molecule has 10 heteroatoms. The van der Waals surface area contributed by atoms with Crippen LogP contribution in [-0.4, -0.2) is 63.7 Å². The van der Waals surface area contributed by atoms with Gasteiger partial charge in [0.2, 0.25) is 5.91 Å². The first-order chi connectivity index (χ1) is 14.4. The summed E-state index contributed by atoms with van der Waals surface area (Å²) in [7, 11) is 1.24. The third-order valence-electron chi connectivity index (χ3n) is 4.67. The molecule has 0 N–H and O–H groups in total. The molecule has 2 amide bonds. The van der Waals surface area contributed by atoms with Crippen molar-refractivity contribution in [2.75, 3.05) is 19.9 Å². The number of hydrogen-bond acceptors (Lipinski definition) is 7. The van der Waals surface area contributed by atoms with Gasteiger partial charge in [0.15, 0.2) is 11.2 Å². The Labute approximate surface area is 177 Å². The largest absolute Gasteiger partial charge is 0.467 e. The van der Waals surface area contributed by atoms with Crippen LogP contribution in [0.15, 0.2) is 41.7 Å². The maximum absolute atomic E-state index is 13.2. The molecule has 1 fully saturated rings. The van der Waals surface area contributed by atoms with E-state index in [0.717, 1.165) is 5.01 Å². The van der Waals surface area contributed by atoms with Gasteiger partial charge in [-0.1, -0.05) is 23.9 Å². The van der Waals surface area contributed by atoms with Crippen molar-refractivity contribution in [2.45, 2.75) is 30.5 Å². The smallest absolute Gasteiger partial charge is 0.330 e. The molecular formula is C20H21FN4O4S. The molecule has 1 aromatic carbocycles. The van der Waals surface area contributed by atoms with Crippen LogP contribution in [0.1, 0.15) is 28.9 Å². The second-order valence-electron chi connectivity index (χ2n) is 6.58. The minimum atomic E-state index is -0.928. The number of carbonyl (C=O) groups is 3. The summed E-state index contributed by atoms with van der Waals surface area (Å²) in [6.07, 6.45) is 4.05. The Morgan fingerprint density at radius 2 is 1.97 bits per heavy atom. The molecule has 1 aliphatic rings. The van der Waals surface area contributed by atoms with E-state index in [-0.39, 0.29) is 18.7 Å². The van der Waals surface area contributed by atoms with Gasteiger partial charge in [-0.05, 0) is 42.9 Å². The average Bonchev–Trinajstić information content (AvgIpc) is 2.79. The predicted molar refractivity (Wildman–Crippen MR) is 107 cm³/mol. The molecule has 1 saturated heterocycles. The van der Waals surface area contributed by atoms with Crippen LogP contribution in [0.4, 0.5) is 4.39 Å². The lowest BCUT2D eigenvalue weighted by Gasteiger charge is -2.42. The number of methoxy groups -OCH3 is 1. The molecular weight excluding hydrogens is 411 g/mol. The molecule has 0 radical (unpaired) electrons. The van der Waals surface area contributed by atoms with Crippen molar-refractivity contribution in [1.82, 2.24) is 20.0 Å². The van der Waals surface area contributed by atoms with Gasteiger partial charge in [0.05, 0.1) is 13.5 Å². The number of ether oxygens (including phenoxy) is 1. The van der Waals surface area contributed by atoms with Crippen LogP contribution in [0.2, 0.25) is 0 Å². The molecule has 3 rings (SSSR count). The molecule has 158 valence electrons. The van der Waals surface area contributed by atoms with Crippen molar-refractivity contribution in [3.63, 3.8) is 0 Å². The Morgan fingerprint density at radius 1 is 1.23 bits per heavy atom. The lowest BCUT2D eigenvalue weighted by molar-refractivity contribution is -0.170. The fourth-order valence-corrected chi connectivity index (χ4v) is 3.60. The fraction of sp³-hybridized carbons (Fsp3) is 0.350. The van der Waals surface area contributed by atoms with Crippen molar-refractivity contribution in [3.8, 4) is 0 Å². The van der Waals surface area contributed by atoms with Crippen LogP contribution in [0.25, 0.3) is 0 Å². The fourth-order valence-electron chi connectivity index (χ4n) is 3.24. The normalized spacial score (nSPS) is 16.3. The van der Waals surface area contributed by atoms with E-state index in [1.165, 1.54) is 60.4 Å². The first-order valence-electron chi connectivity index (χ1n) is 9.27. The summed E-state index contributed by atoms with van der Waals surface area (Å²) in [5.74, 6) is -1.99. The summed E-state index contributed by atoms with van der Waals surface area (Å²) < 4.78 is 18.0. The Kier molecular flexibility index (Phi) is 6.99. The van der Waals surface area contributed by atoms with E-state index in [4.69, 9.17) is 4.74 Å². The molecule has 8 nitrogen and oxygen atoms in total. The van der Waals surface area contributed by atoms with Crippen LogP contribution < -0.4 is 0 Å². The maximum atomic E-state index is 13.2. The van der Waals surface area contributed by atoms with Gasteiger partial charge in [-0.15, -0.1) is 0 Å². The number of aromatic nitrogens is 2.